The van der Waals surface area contributed by atoms with Gasteiger partial charge in [-0.25, -0.2) is 5.43 Å². The molecule has 16 heavy (non-hydrogen) atoms. The Morgan fingerprint density at radius 3 is 2.75 bits per heavy atom. The van der Waals surface area contributed by atoms with Gasteiger partial charge in [0, 0.05) is 18.1 Å². The lowest BCUT2D eigenvalue weighted by molar-refractivity contribution is -0.122. The van der Waals surface area contributed by atoms with Gasteiger partial charge < -0.3 is 0 Å². The molecule has 0 bridgehead atoms. The zero-order chi connectivity index (χ0) is 11.4. The lowest BCUT2D eigenvalue weighted by atomic mass is 10.0. The van der Waals surface area contributed by atoms with E-state index in [1.165, 1.54) is 5.56 Å². The smallest absolute Gasteiger partial charge is 0.243 e. The van der Waals surface area contributed by atoms with Gasteiger partial charge in [0.25, 0.3) is 0 Å². The van der Waals surface area contributed by atoms with Crippen LogP contribution in [0.2, 0.25) is 0 Å². The molecule has 1 saturated carbocycles. The van der Waals surface area contributed by atoms with Gasteiger partial charge in [0.05, 0.1) is 0 Å². The van der Waals surface area contributed by atoms with Crippen LogP contribution in [0.25, 0.3) is 0 Å². The summed E-state index contributed by atoms with van der Waals surface area (Å²) in [7, 11) is 0. The Kier molecular flexibility index (Phi) is 3.34. The van der Waals surface area contributed by atoms with Gasteiger partial charge in [0.1, 0.15) is 0 Å². The van der Waals surface area contributed by atoms with Gasteiger partial charge in [-0.15, -0.1) is 0 Å². The Morgan fingerprint density at radius 1 is 1.44 bits per heavy atom. The van der Waals surface area contributed by atoms with E-state index in [1.807, 2.05) is 18.2 Å². The number of hydrazone groups is 1. The largest absolute Gasteiger partial charge is 0.273 e. The third kappa shape index (κ3) is 2.92. The zero-order valence-corrected chi connectivity index (χ0v) is 9.39. The second kappa shape index (κ2) is 4.92. The van der Waals surface area contributed by atoms with Gasteiger partial charge in [0.15, 0.2) is 0 Å². The maximum absolute atomic E-state index is 11.3. The number of nitrogens with one attached hydrogen (secondary N) is 1. The van der Waals surface area contributed by atoms with Crippen molar-refractivity contribution in [3.8, 4) is 0 Å². The minimum Gasteiger partial charge on any atom is -0.273 e. The minimum atomic E-state index is 0.0523. The van der Waals surface area contributed by atoms with Crippen LogP contribution in [0.1, 0.15) is 31.2 Å². The molecule has 1 fully saturated rings. The molecule has 3 heteroatoms. The van der Waals surface area contributed by atoms with Crippen LogP contribution >= 0.6 is 0 Å². The number of carbonyl (C=O) groups excluding carboxylic acids is 1. The molecule has 0 aromatic heterocycles. The maximum Gasteiger partial charge on any atom is 0.243 e. The molecule has 1 aromatic carbocycles. The van der Waals surface area contributed by atoms with Gasteiger partial charge in [0.2, 0.25) is 5.91 Å². The van der Waals surface area contributed by atoms with Crippen LogP contribution < -0.4 is 5.43 Å². The van der Waals surface area contributed by atoms with E-state index in [0.29, 0.717) is 0 Å². The Morgan fingerprint density at radius 2 is 2.12 bits per heavy atom. The lowest BCUT2D eigenvalue weighted by Gasteiger charge is -2.05. The average Bonchev–Trinajstić information content (AvgIpc) is 3.14. The fraction of sp³-hybridized carbons (Fsp3) is 0.385. The number of nitrogens with zero attached hydrogens (tertiary/aromatic N) is 1. The minimum absolute atomic E-state index is 0.0523. The van der Waals surface area contributed by atoms with Crippen LogP contribution in [-0.2, 0) is 4.79 Å². The summed E-state index contributed by atoms with van der Waals surface area (Å²) in [4.78, 5) is 11.3. The molecule has 1 amide bonds. The first-order valence-corrected chi connectivity index (χ1v) is 5.65. The first-order valence-electron chi connectivity index (χ1n) is 5.65. The van der Waals surface area contributed by atoms with Crippen molar-refractivity contribution >= 4 is 12.1 Å². The highest BCUT2D eigenvalue weighted by molar-refractivity contribution is 5.81. The molecule has 0 saturated heterocycles. The molecule has 3 nitrogen and oxygen atoms in total. The monoisotopic (exact) mass is 216 g/mol. The lowest BCUT2D eigenvalue weighted by Crippen LogP contribution is -2.19. The van der Waals surface area contributed by atoms with Crippen LogP contribution in [0.15, 0.2) is 35.4 Å². The van der Waals surface area contributed by atoms with E-state index in [1.54, 1.807) is 6.21 Å². The SMILES string of the molecule is C[C@@H](C=NNC(=O)C1CC1)c1ccccc1. The molecule has 0 unspecified atom stereocenters. The molecule has 0 aliphatic heterocycles. The number of rotatable bonds is 4. The molecule has 1 aromatic rings. The molecule has 0 spiro atoms. The van der Waals surface area contributed by atoms with Crippen LogP contribution in [-0.4, -0.2) is 12.1 Å². The highest BCUT2D eigenvalue weighted by Crippen LogP contribution is 2.28. The van der Waals surface area contributed by atoms with Crippen LogP contribution in [0.4, 0.5) is 0 Å². The van der Waals surface area contributed by atoms with E-state index in [0.717, 1.165) is 12.8 Å². The third-order valence-electron chi connectivity index (χ3n) is 2.75. The molecule has 2 rings (SSSR count). The normalized spacial score (nSPS) is 17.3. The van der Waals surface area contributed by atoms with Crippen molar-refractivity contribution < 1.29 is 4.79 Å². The van der Waals surface area contributed by atoms with E-state index in [2.05, 4.69) is 29.6 Å². The van der Waals surface area contributed by atoms with Crippen molar-refractivity contribution in [2.75, 3.05) is 0 Å². The summed E-state index contributed by atoms with van der Waals surface area (Å²) >= 11 is 0. The van der Waals surface area contributed by atoms with E-state index in [4.69, 9.17) is 0 Å². The highest BCUT2D eigenvalue weighted by Gasteiger charge is 2.29. The molecule has 1 aliphatic carbocycles. The molecule has 0 heterocycles. The number of benzene rings is 1. The van der Waals surface area contributed by atoms with Crippen molar-refractivity contribution in [2.45, 2.75) is 25.7 Å². The topological polar surface area (TPSA) is 41.5 Å². The summed E-state index contributed by atoms with van der Waals surface area (Å²) in [5.41, 5.74) is 3.78. The highest BCUT2D eigenvalue weighted by atomic mass is 16.2. The quantitative estimate of drug-likeness (QED) is 0.609. The Hall–Kier alpha value is -1.64. The van der Waals surface area contributed by atoms with Gasteiger partial charge in [-0.1, -0.05) is 37.3 Å². The predicted molar refractivity (Wildman–Crippen MR) is 64.2 cm³/mol. The molecule has 1 N–H and O–H groups in total. The summed E-state index contributed by atoms with van der Waals surface area (Å²) in [6.07, 6.45) is 3.79. The molecular weight excluding hydrogens is 200 g/mol. The van der Waals surface area contributed by atoms with Crippen LogP contribution in [0.3, 0.4) is 0 Å². The molecule has 0 radical (unpaired) electrons. The maximum atomic E-state index is 11.3. The Labute approximate surface area is 95.6 Å². The van der Waals surface area contributed by atoms with Gasteiger partial charge >= 0.3 is 0 Å². The van der Waals surface area contributed by atoms with Gasteiger partial charge in [-0.2, -0.15) is 5.10 Å². The number of carbonyl (C=O) groups is 1. The molecular formula is C13H16N2O. The van der Waals surface area contributed by atoms with Crippen molar-refractivity contribution in [1.29, 1.82) is 0 Å². The van der Waals surface area contributed by atoms with E-state index < -0.39 is 0 Å². The fourth-order valence-electron chi connectivity index (χ4n) is 1.49. The third-order valence-corrected chi connectivity index (χ3v) is 2.75. The molecule has 1 atom stereocenters. The number of hydrogen-bond acceptors (Lipinski definition) is 2. The summed E-state index contributed by atoms with van der Waals surface area (Å²) < 4.78 is 0. The summed E-state index contributed by atoms with van der Waals surface area (Å²) in [6.45, 7) is 2.06. The fourth-order valence-corrected chi connectivity index (χ4v) is 1.49. The van der Waals surface area contributed by atoms with E-state index in [-0.39, 0.29) is 17.7 Å². The van der Waals surface area contributed by atoms with E-state index in [9.17, 15) is 4.79 Å². The summed E-state index contributed by atoms with van der Waals surface area (Å²) in [5.74, 6) is 0.487. The van der Waals surface area contributed by atoms with Crippen LogP contribution in [0.5, 0.6) is 0 Å². The molecule has 1 aliphatic rings. The van der Waals surface area contributed by atoms with Crippen LogP contribution in [0, 0.1) is 5.92 Å². The summed E-state index contributed by atoms with van der Waals surface area (Å²) in [5, 5.41) is 3.98. The Bertz CT molecular complexity index is 382. The van der Waals surface area contributed by atoms with Gasteiger partial charge in [-0.3, -0.25) is 4.79 Å². The average molecular weight is 216 g/mol. The van der Waals surface area contributed by atoms with E-state index >= 15 is 0 Å². The zero-order valence-electron chi connectivity index (χ0n) is 9.39. The second-order valence-corrected chi connectivity index (χ2v) is 4.23. The van der Waals surface area contributed by atoms with Crippen molar-refractivity contribution in [1.82, 2.24) is 5.43 Å². The van der Waals surface area contributed by atoms with Gasteiger partial charge in [-0.05, 0) is 18.4 Å². The first kappa shape index (κ1) is 10.9. The Balaban J connectivity index is 1.84. The standard InChI is InChI=1S/C13H16N2O/c1-10(11-5-3-2-4-6-11)9-14-15-13(16)12-7-8-12/h2-6,9-10,12H,7-8H2,1H3,(H,15,16)/t10-/m0/s1. The predicted octanol–water partition coefficient (Wildman–Crippen LogP) is 2.30. The first-order chi connectivity index (χ1) is 7.77. The second-order valence-electron chi connectivity index (χ2n) is 4.23. The summed E-state index contributed by atoms with van der Waals surface area (Å²) in [6, 6.07) is 10.1. The number of amides is 1. The van der Waals surface area contributed by atoms with Crippen molar-refractivity contribution in [2.24, 2.45) is 11.0 Å². The van der Waals surface area contributed by atoms with Crippen molar-refractivity contribution in [3.63, 3.8) is 0 Å². The number of hydrogen-bond donors (Lipinski definition) is 1. The molecule has 84 valence electrons. The van der Waals surface area contributed by atoms with Crippen molar-refractivity contribution in [3.05, 3.63) is 35.9 Å².